The van der Waals surface area contributed by atoms with Crippen molar-refractivity contribution in [3.8, 4) is 6.07 Å². The second-order valence-corrected chi connectivity index (χ2v) is 4.44. The van der Waals surface area contributed by atoms with Gasteiger partial charge in [-0.1, -0.05) is 17.8 Å². The van der Waals surface area contributed by atoms with Gasteiger partial charge in [0.25, 0.3) is 0 Å². The van der Waals surface area contributed by atoms with Crippen molar-refractivity contribution in [2.75, 3.05) is 17.0 Å². The van der Waals surface area contributed by atoms with Crippen LogP contribution in [0.15, 0.2) is 29.4 Å². The number of anilines is 3. The predicted octanol–water partition coefficient (Wildman–Crippen LogP) is 2.24. The first-order valence-corrected chi connectivity index (χ1v) is 6.75. The maximum Gasteiger partial charge on any atom is 0.191 e. The Hall–Kier alpha value is -2.37. The van der Waals surface area contributed by atoms with E-state index in [4.69, 9.17) is 11.1 Å². The molecule has 0 saturated heterocycles. The average molecular weight is 290 g/mol. The number of halogens is 1. The monoisotopic (exact) mass is 290 g/mol. The number of nitrogens with two attached hydrogens (primary N) is 1. The van der Waals surface area contributed by atoms with Crippen LogP contribution in [0.25, 0.3) is 0 Å². The molecule has 0 unspecified atom stereocenters. The zero-order valence-electron chi connectivity index (χ0n) is 10.5. The maximum atomic E-state index is 13.5. The quantitative estimate of drug-likeness (QED) is 0.343. The standard InChI is InChI=1S/C12H11FN6S/c1-20-12-17-10(5-11(18-12)19-15)16-9-4-2-3-8(13)7(9)6-14/h2-5H,15H2,1H3,(H2,16,17,18,19). The Kier molecular flexibility index (Phi) is 4.34. The Morgan fingerprint density at radius 2 is 2.10 bits per heavy atom. The highest BCUT2D eigenvalue weighted by Crippen LogP contribution is 2.24. The highest BCUT2D eigenvalue weighted by atomic mass is 32.2. The van der Waals surface area contributed by atoms with Gasteiger partial charge >= 0.3 is 0 Å². The van der Waals surface area contributed by atoms with Crippen molar-refractivity contribution in [3.05, 3.63) is 35.6 Å². The molecule has 1 aromatic heterocycles. The molecule has 0 amide bonds. The molecule has 20 heavy (non-hydrogen) atoms. The minimum Gasteiger partial charge on any atom is -0.339 e. The molecule has 102 valence electrons. The Bertz CT molecular complexity index is 647. The molecule has 0 aliphatic heterocycles. The molecular weight excluding hydrogens is 279 g/mol. The number of benzene rings is 1. The number of nitriles is 1. The lowest BCUT2D eigenvalue weighted by atomic mass is 10.2. The van der Waals surface area contributed by atoms with E-state index in [9.17, 15) is 4.39 Å². The van der Waals surface area contributed by atoms with E-state index in [1.54, 1.807) is 12.1 Å². The molecule has 0 bridgehead atoms. The molecule has 1 heterocycles. The average Bonchev–Trinajstić information content (AvgIpc) is 2.47. The smallest absolute Gasteiger partial charge is 0.191 e. The van der Waals surface area contributed by atoms with Crippen LogP contribution in [0.5, 0.6) is 0 Å². The van der Waals surface area contributed by atoms with E-state index in [1.807, 2.05) is 12.3 Å². The highest BCUT2D eigenvalue weighted by Gasteiger charge is 2.10. The topological polar surface area (TPSA) is 99.6 Å². The number of thioether (sulfide) groups is 1. The summed E-state index contributed by atoms with van der Waals surface area (Å²) in [5, 5.41) is 12.4. The summed E-state index contributed by atoms with van der Waals surface area (Å²) < 4.78 is 13.5. The summed E-state index contributed by atoms with van der Waals surface area (Å²) >= 11 is 1.34. The summed E-state index contributed by atoms with van der Waals surface area (Å²) in [5.41, 5.74) is 2.69. The Balaban J connectivity index is 2.40. The van der Waals surface area contributed by atoms with Crippen molar-refractivity contribution in [1.82, 2.24) is 9.97 Å². The van der Waals surface area contributed by atoms with Gasteiger partial charge in [-0.3, -0.25) is 0 Å². The van der Waals surface area contributed by atoms with Crippen molar-refractivity contribution >= 4 is 29.1 Å². The van der Waals surface area contributed by atoms with Crippen LogP contribution < -0.4 is 16.6 Å². The van der Waals surface area contributed by atoms with E-state index in [0.717, 1.165) is 0 Å². The molecule has 4 N–H and O–H groups in total. The van der Waals surface area contributed by atoms with Gasteiger partial charge in [0.2, 0.25) is 0 Å². The van der Waals surface area contributed by atoms with Crippen molar-refractivity contribution < 1.29 is 4.39 Å². The van der Waals surface area contributed by atoms with Gasteiger partial charge in [0.1, 0.15) is 29.1 Å². The molecule has 0 aliphatic rings. The molecular formula is C12H11FN6S. The van der Waals surface area contributed by atoms with Gasteiger partial charge in [-0.05, 0) is 18.4 Å². The Morgan fingerprint density at radius 3 is 2.75 bits per heavy atom. The fourth-order valence-corrected chi connectivity index (χ4v) is 1.91. The number of hydrogen-bond acceptors (Lipinski definition) is 7. The fourth-order valence-electron chi connectivity index (χ4n) is 1.53. The summed E-state index contributed by atoms with van der Waals surface area (Å²) in [5.74, 6) is 5.57. The Labute approximate surface area is 119 Å². The molecule has 2 rings (SSSR count). The normalized spacial score (nSPS) is 9.90. The van der Waals surface area contributed by atoms with Crippen LogP contribution in [-0.2, 0) is 0 Å². The van der Waals surface area contributed by atoms with Gasteiger partial charge in [0.05, 0.1) is 5.69 Å². The first-order valence-electron chi connectivity index (χ1n) is 5.53. The van der Waals surface area contributed by atoms with E-state index in [-0.39, 0.29) is 5.56 Å². The molecule has 8 heteroatoms. The zero-order valence-corrected chi connectivity index (χ0v) is 11.3. The lowest BCUT2D eigenvalue weighted by molar-refractivity contribution is 0.624. The minimum absolute atomic E-state index is 0.0703. The molecule has 0 radical (unpaired) electrons. The number of hydrogen-bond donors (Lipinski definition) is 3. The van der Waals surface area contributed by atoms with Gasteiger partial charge in [-0.2, -0.15) is 5.26 Å². The number of hydrazine groups is 1. The third-order valence-electron chi connectivity index (χ3n) is 2.42. The van der Waals surface area contributed by atoms with E-state index in [1.165, 1.54) is 23.9 Å². The van der Waals surface area contributed by atoms with Gasteiger partial charge < -0.3 is 10.7 Å². The predicted molar refractivity (Wildman–Crippen MR) is 76.0 cm³/mol. The van der Waals surface area contributed by atoms with E-state index in [2.05, 4.69) is 20.7 Å². The molecule has 0 aliphatic carbocycles. The molecule has 0 spiro atoms. The van der Waals surface area contributed by atoms with E-state index >= 15 is 0 Å². The lowest BCUT2D eigenvalue weighted by Gasteiger charge is -2.10. The van der Waals surface area contributed by atoms with Gasteiger partial charge in [-0.15, -0.1) is 0 Å². The number of nitrogens with zero attached hydrogens (tertiary/aromatic N) is 3. The largest absolute Gasteiger partial charge is 0.339 e. The number of aromatic nitrogens is 2. The van der Waals surface area contributed by atoms with Crippen LogP contribution in [0.2, 0.25) is 0 Å². The summed E-state index contributed by atoms with van der Waals surface area (Å²) in [6.07, 6.45) is 1.82. The second kappa shape index (κ2) is 6.18. The van der Waals surface area contributed by atoms with Crippen LogP contribution in [0.4, 0.5) is 21.7 Å². The third kappa shape index (κ3) is 2.96. The van der Waals surface area contributed by atoms with Gasteiger partial charge in [0, 0.05) is 6.07 Å². The van der Waals surface area contributed by atoms with Crippen molar-refractivity contribution in [2.24, 2.45) is 5.84 Å². The first-order chi connectivity index (χ1) is 9.67. The van der Waals surface area contributed by atoms with E-state index < -0.39 is 5.82 Å². The Morgan fingerprint density at radius 1 is 1.35 bits per heavy atom. The zero-order chi connectivity index (χ0) is 14.5. The summed E-state index contributed by atoms with van der Waals surface area (Å²) in [4.78, 5) is 8.32. The summed E-state index contributed by atoms with van der Waals surface area (Å²) in [6, 6.07) is 7.71. The van der Waals surface area contributed by atoms with Crippen molar-refractivity contribution in [1.29, 1.82) is 5.26 Å². The molecule has 2 aromatic rings. The molecule has 0 atom stereocenters. The summed E-state index contributed by atoms with van der Waals surface area (Å²) in [7, 11) is 0. The second-order valence-electron chi connectivity index (χ2n) is 3.67. The number of rotatable bonds is 4. The number of nitrogens with one attached hydrogen (secondary N) is 2. The minimum atomic E-state index is -0.589. The van der Waals surface area contributed by atoms with Crippen LogP contribution in [0.1, 0.15) is 5.56 Å². The molecule has 0 saturated carbocycles. The van der Waals surface area contributed by atoms with Crippen molar-refractivity contribution in [2.45, 2.75) is 5.16 Å². The number of nitrogen functional groups attached to an aromatic ring is 1. The van der Waals surface area contributed by atoms with Crippen LogP contribution in [0.3, 0.4) is 0 Å². The molecule has 1 aromatic carbocycles. The maximum absolute atomic E-state index is 13.5. The summed E-state index contributed by atoms with van der Waals surface area (Å²) in [6.45, 7) is 0. The van der Waals surface area contributed by atoms with Gasteiger partial charge in [-0.25, -0.2) is 20.2 Å². The van der Waals surface area contributed by atoms with Gasteiger partial charge in [0.15, 0.2) is 5.16 Å². The van der Waals surface area contributed by atoms with E-state index in [0.29, 0.717) is 22.5 Å². The molecule has 0 fully saturated rings. The highest BCUT2D eigenvalue weighted by molar-refractivity contribution is 7.98. The van der Waals surface area contributed by atoms with Crippen molar-refractivity contribution in [3.63, 3.8) is 0 Å². The first kappa shape index (κ1) is 14.0. The SMILES string of the molecule is CSc1nc(NN)cc(Nc2cccc(F)c2C#N)n1. The van der Waals surface area contributed by atoms with Crippen LogP contribution >= 0.6 is 11.8 Å². The van der Waals surface area contributed by atoms with Crippen LogP contribution in [0, 0.1) is 17.1 Å². The lowest BCUT2D eigenvalue weighted by Crippen LogP contribution is -2.10. The van der Waals surface area contributed by atoms with Crippen LogP contribution in [-0.4, -0.2) is 16.2 Å². The third-order valence-corrected chi connectivity index (χ3v) is 2.97. The molecule has 6 nitrogen and oxygen atoms in total. The fraction of sp³-hybridized carbons (Fsp3) is 0.0833.